The summed E-state index contributed by atoms with van der Waals surface area (Å²) in [6, 6.07) is 3.82. The van der Waals surface area contributed by atoms with Gasteiger partial charge in [0, 0.05) is 13.1 Å². The minimum atomic E-state index is -0.678. The highest BCUT2D eigenvalue weighted by atomic mass is 16.6. The lowest BCUT2D eigenvalue weighted by atomic mass is 10.1. The highest BCUT2D eigenvalue weighted by molar-refractivity contribution is 6.57. The van der Waals surface area contributed by atoms with Gasteiger partial charge in [0.1, 0.15) is 18.9 Å². The molecule has 2 unspecified atom stereocenters. The summed E-state index contributed by atoms with van der Waals surface area (Å²) in [5, 5.41) is 20.7. The van der Waals surface area contributed by atoms with E-state index in [1.54, 1.807) is 6.07 Å². The van der Waals surface area contributed by atoms with E-state index in [0.29, 0.717) is 12.3 Å². The monoisotopic (exact) mass is 325 g/mol. The lowest BCUT2D eigenvalue weighted by Crippen LogP contribution is -2.27. The van der Waals surface area contributed by atoms with E-state index in [1.165, 1.54) is 12.0 Å². The summed E-state index contributed by atoms with van der Waals surface area (Å²) < 4.78 is 0. The fourth-order valence-corrected chi connectivity index (χ4v) is 2.15. The van der Waals surface area contributed by atoms with Gasteiger partial charge in [-0.15, -0.1) is 0 Å². The van der Waals surface area contributed by atoms with Crippen molar-refractivity contribution in [2.45, 2.75) is 0 Å². The first-order chi connectivity index (χ1) is 11.3. The fraction of sp³-hybridized carbons (Fsp3) is 0.538. The zero-order valence-corrected chi connectivity index (χ0v) is 13.0. The van der Waals surface area contributed by atoms with Crippen LogP contribution in [0.1, 0.15) is 0 Å². The number of rotatable bonds is 1. The van der Waals surface area contributed by atoms with Gasteiger partial charge in [-0.05, 0) is 0 Å². The number of likely N-dealkylation sites (tertiary alicyclic amines) is 2. The summed E-state index contributed by atoms with van der Waals surface area (Å²) in [5.41, 5.74) is 0.545. The molecule has 4 radical (unpaired) electrons. The van der Waals surface area contributed by atoms with Crippen molar-refractivity contribution >= 4 is 38.8 Å². The number of carbonyl (C=O) groups excluding carboxylic acids is 3. The standard InChI is InChI=1S/C7H8BN3O2.C6H5BN2O2/c1-13-10-6-4-11(7(8)12)3-5(6)2-9;7-6(11)9-2-4(1-8)5(10)3-9/h5H,3-4H2,1H3;4H,2-3H2/b10-6+;. The zero-order chi connectivity index (χ0) is 18.3. The van der Waals surface area contributed by atoms with Crippen LogP contribution in [0.3, 0.4) is 0 Å². The first kappa shape index (κ1) is 19.2. The summed E-state index contributed by atoms with van der Waals surface area (Å²) in [5.74, 6) is -2.49. The SMILES string of the molecule is [B]C(=O)N1C/C(=N\OC)C(C#N)C1.[B]C(=O)N1CC(=O)C(C#N)C1. The first-order valence-electron chi connectivity index (χ1n) is 6.84. The molecule has 0 aliphatic carbocycles. The second kappa shape index (κ2) is 8.73. The smallest absolute Gasteiger partial charge is 0.200 e. The predicted octanol–water partition coefficient (Wildman–Crippen LogP) is -0.968. The molecule has 2 amide bonds. The predicted molar refractivity (Wildman–Crippen MR) is 83.1 cm³/mol. The average molecular weight is 325 g/mol. The van der Waals surface area contributed by atoms with Crippen LogP contribution in [0.15, 0.2) is 5.16 Å². The van der Waals surface area contributed by atoms with Gasteiger partial charge in [-0.25, -0.2) is 0 Å². The van der Waals surface area contributed by atoms with Crippen LogP contribution in [-0.2, 0) is 9.63 Å². The Kier molecular flexibility index (Phi) is 6.99. The molecule has 2 rings (SSSR count). The zero-order valence-electron chi connectivity index (χ0n) is 13.0. The molecule has 0 aromatic heterocycles. The van der Waals surface area contributed by atoms with E-state index >= 15 is 0 Å². The van der Waals surface area contributed by atoms with E-state index in [9.17, 15) is 14.4 Å². The van der Waals surface area contributed by atoms with Crippen LogP contribution in [0.25, 0.3) is 0 Å². The third-order valence-electron chi connectivity index (χ3n) is 3.44. The number of amides is 2. The van der Waals surface area contributed by atoms with Gasteiger partial charge in [0.05, 0.1) is 30.9 Å². The van der Waals surface area contributed by atoms with Gasteiger partial charge in [-0.3, -0.25) is 14.4 Å². The number of ketones is 1. The minimum absolute atomic E-state index is 0.0203. The van der Waals surface area contributed by atoms with Crippen molar-refractivity contribution in [3.63, 3.8) is 0 Å². The maximum Gasteiger partial charge on any atom is 0.200 e. The van der Waals surface area contributed by atoms with E-state index in [4.69, 9.17) is 26.2 Å². The number of hydrogen-bond acceptors (Lipinski definition) is 7. The van der Waals surface area contributed by atoms with Crippen molar-refractivity contribution in [3.05, 3.63) is 0 Å². The molecule has 0 aromatic carbocycles. The van der Waals surface area contributed by atoms with Crippen molar-refractivity contribution in [1.82, 2.24) is 9.80 Å². The van der Waals surface area contributed by atoms with Crippen molar-refractivity contribution in [2.24, 2.45) is 17.0 Å². The highest BCUT2D eigenvalue weighted by Crippen LogP contribution is 2.13. The van der Waals surface area contributed by atoms with Crippen LogP contribution in [0.5, 0.6) is 0 Å². The minimum Gasteiger partial charge on any atom is -0.399 e. The van der Waals surface area contributed by atoms with Crippen molar-refractivity contribution < 1.29 is 19.2 Å². The topological polar surface area (TPSA) is 127 Å². The molecule has 0 spiro atoms. The highest BCUT2D eigenvalue weighted by Gasteiger charge is 2.31. The molecule has 2 fully saturated rings. The fourth-order valence-electron chi connectivity index (χ4n) is 2.15. The molecule has 0 bridgehead atoms. The van der Waals surface area contributed by atoms with Gasteiger partial charge < -0.3 is 14.6 Å². The maximum atomic E-state index is 10.8. The Hall–Kier alpha value is -2.81. The molecule has 2 aliphatic rings. The lowest BCUT2D eigenvalue weighted by Gasteiger charge is -2.10. The summed E-state index contributed by atoms with van der Waals surface area (Å²) in [6.45, 7) is 0.702. The maximum absolute atomic E-state index is 10.8. The van der Waals surface area contributed by atoms with Gasteiger partial charge >= 0.3 is 0 Å². The van der Waals surface area contributed by atoms with Crippen LogP contribution in [0.4, 0.5) is 9.59 Å². The number of oxime groups is 1. The quantitative estimate of drug-likeness (QED) is 0.451. The lowest BCUT2D eigenvalue weighted by molar-refractivity contribution is -0.118. The van der Waals surface area contributed by atoms with Crippen LogP contribution >= 0.6 is 0 Å². The average Bonchev–Trinajstić information content (AvgIpc) is 3.11. The second-order valence-electron chi connectivity index (χ2n) is 5.03. The van der Waals surface area contributed by atoms with E-state index in [0.717, 1.165) is 4.90 Å². The van der Waals surface area contributed by atoms with Crippen molar-refractivity contribution in [3.8, 4) is 12.1 Å². The summed E-state index contributed by atoms with van der Waals surface area (Å²) in [4.78, 5) is 39.2. The van der Waals surface area contributed by atoms with E-state index in [1.807, 2.05) is 6.07 Å². The van der Waals surface area contributed by atoms with Crippen LogP contribution in [-0.4, -0.2) is 81.9 Å². The van der Waals surface area contributed by atoms with Gasteiger partial charge in [-0.2, -0.15) is 10.5 Å². The summed E-state index contributed by atoms with van der Waals surface area (Å²) in [7, 11) is 11.4. The number of hydrogen-bond donors (Lipinski definition) is 0. The van der Waals surface area contributed by atoms with Crippen molar-refractivity contribution in [2.75, 3.05) is 33.3 Å². The Morgan fingerprint density at radius 2 is 1.62 bits per heavy atom. The number of carbonyl (C=O) groups is 3. The Balaban J connectivity index is 0.000000243. The first-order valence-corrected chi connectivity index (χ1v) is 6.84. The molecule has 9 nitrogen and oxygen atoms in total. The Morgan fingerprint density at radius 1 is 1.12 bits per heavy atom. The molecule has 2 heterocycles. The van der Waals surface area contributed by atoms with E-state index in [-0.39, 0.29) is 25.4 Å². The van der Waals surface area contributed by atoms with E-state index in [2.05, 4.69) is 9.99 Å². The number of nitriles is 2. The molecule has 2 atom stereocenters. The van der Waals surface area contributed by atoms with Crippen LogP contribution in [0.2, 0.25) is 0 Å². The van der Waals surface area contributed by atoms with E-state index < -0.39 is 23.4 Å². The molecule has 24 heavy (non-hydrogen) atoms. The Labute approximate surface area is 141 Å². The molecule has 0 saturated carbocycles. The summed E-state index contributed by atoms with van der Waals surface area (Å²) >= 11 is 0. The van der Waals surface area contributed by atoms with Gasteiger partial charge in [0.2, 0.25) is 15.7 Å². The molecule has 0 aromatic rings. The number of Topliss-reactive ketones (excluding diaryl/α,β-unsaturated/α-hetero) is 1. The molecule has 2 saturated heterocycles. The normalized spacial score (nSPS) is 24.0. The third kappa shape index (κ3) is 4.85. The van der Waals surface area contributed by atoms with Crippen LogP contribution in [0, 0.1) is 34.5 Å². The Bertz CT molecular complexity index is 639. The van der Waals surface area contributed by atoms with Crippen molar-refractivity contribution in [1.29, 1.82) is 10.5 Å². The molecule has 2 aliphatic heterocycles. The van der Waals surface area contributed by atoms with Gasteiger partial charge in [-0.1, -0.05) is 5.16 Å². The van der Waals surface area contributed by atoms with Crippen LogP contribution < -0.4 is 0 Å². The summed E-state index contributed by atoms with van der Waals surface area (Å²) in [6.07, 6.45) is 0. The molecular formula is C13H13B2N5O4. The molecule has 0 N–H and O–H groups in total. The molecule has 11 heteroatoms. The third-order valence-corrected chi connectivity index (χ3v) is 3.44. The molecular weight excluding hydrogens is 312 g/mol. The second-order valence-corrected chi connectivity index (χ2v) is 5.03. The van der Waals surface area contributed by atoms with Gasteiger partial charge in [0.15, 0.2) is 17.4 Å². The van der Waals surface area contributed by atoms with Gasteiger partial charge in [0.25, 0.3) is 0 Å². The number of nitrogens with zero attached hydrogens (tertiary/aromatic N) is 5. The largest absolute Gasteiger partial charge is 0.399 e. The Morgan fingerprint density at radius 3 is 2.00 bits per heavy atom. The molecule has 120 valence electrons.